The average molecular weight is 267 g/mol. The zero-order valence-corrected chi connectivity index (χ0v) is 10.4. The van der Waals surface area contributed by atoms with Crippen molar-refractivity contribution in [3.05, 3.63) is 24.3 Å². The van der Waals surface area contributed by atoms with Gasteiger partial charge >= 0.3 is 6.09 Å². The number of anilines is 1. The number of carbonyl (C=O) groups excluding carboxylic acids is 2. The Balaban J connectivity index is 2.10. The van der Waals surface area contributed by atoms with Crippen LogP contribution in [-0.2, 0) is 9.53 Å². The molecule has 104 valence electrons. The molecule has 0 aliphatic rings. The number of hydrogen-bond donors (Lipinski definition) is 3. The Morgan fingerprint density at radius 2 is 1.84 bits per heavy atom. The first-order chi connectivity index (χ1) is 9.08. The summed E-state index contributed by atoms with van der Waals surface area (Å²) in [5.74, 6) is 0.461. The average Bonchev–Trinajstić information content (AvgIpc) is 2.37. The Morgan fingerprint density at radius 3 is 2.47 bits per heavy atom. The summed E-state index contributed by atoms with van der Waals surface area (Å²) in [6.45, 7) is 0.538. The largest absolute Gasteiger partial charge is 0.493 e. The maximum atomic E-state index is 11.3. The topological polar surface area (TPSA) is 117 Å². The molecule has 0 aliphatic heterocycles. The van der Waals surface area contributed by atoms with Gasteiger partial charge in [-0.1, -0.05) is 0 Å². The minimum Gasteiger partial charge on any atom is -0.493 e. The second-order valence-electron chi connectivity index (χ2n) is 3.68. The summed E-state index contributed by atoms with van der Waals surface area (Å²) in [6, 6.07) is 6.90. The minimum absolute atomic E-state index is 0.0554. The van der Waals surface area contributed by atoms with Gasteiger partial charge in [-0.2, -0.15) is 0 Å². The molecule has 0 unspecified atom stereocenters. The molecule has 0 bridgehead atoms. The Bertz CT molecular complexity index is 419. The quantitative estimate of drug-likeness (QED) is 0.483. The van der Waals surface area contributed by atoms with E-state index in [1.165, 1.54) is 0 Å². The first kappa shape index (κ1) is 14.6. The van der Waals surface area contributed by atoms with E-state index in [0.29, 0.717) is 11.4 Å². The van der Waals surface area contributed by atoms with Crippen molar-refractivity contribution in [1.29, 1.82) is 0 Å². The third kappa shape index (κ3) is 6.77. The van der Waals surface area contributed by atoms with Crippen LogP contribution in [0, 0.1) is 0 Å². The van der Waals surface area contributed by atoms with Crippen LogP contribution in [0.25, 0.3) is 0 Å². The van der Waals surface area contributed by atoms with Crippen LogP contribution in [0.5, 0.6) is 5.75 Å². The first-order valence-electron chi connectivity index (χ1n) is 5.75. The zero-order chi connectivity index (χ0) is 14.1. The number of nitrogens with one attached hydrogen (secondary N) is 1. The summed E-state index contributed by atoms with van der Waals surface area (Å²) in [6.07, 6.45) is -0.651. The molecule has 0 fully saturated rings. The molecule has 0 aliphatic carbocycles. The highest BCUT2D eigenvalue weighted by molar-refractivity contribution is 5.76. The van der Waals surface area contributed by atoms with Gasteiger partial charge in [0.25, 0.3) is 0 Å². The van der Waals surface area contributed by atoms with Crippen molar-refractivity contribution in [3.63, 3.8) is 0 Å². The Morgan fingerprint density at radius 1 is 1.16 bits per heavy atom. The summed E-state index contributed by atoms with van der Waals surface area (Å²) in [5, 5.41) is 2.56. The van der Waals surface area contributed by atoms with Gasteiger partial charge < -0.3 is 26.3 Å². The number of ether oxygens (including phenoxy) is 2. The van der Waals surface area contributed by atoms with E-state index in [9.17, 15) is 9.59 Å². The molecule has 0 spiro atoms. The molecule has 2 amide bonds. The Labute approximate surface area is 110 Å². The highest BCUT2D eigenvalue weighted by atomic mass is 16.5. The highest BCUT2D eigenvalue weighted by Crippen LogP contribution is 2.12. The third-order valence-corrected chi connectivity index (χ3v) is 2.15. The lowest BCUT2D eigenvalue weighted by Gasteiger charge is -2.07. The van der Waals surface area contributed by atoms with E-state index in [1.54, 1.807) is 24.3 Å². The van der Waals surface area contributed by atoms with Crippen LogP contribution in [0.2, 0.25) is 0 Å². The van der Waals surface area contributed by atoms with Gasteiger partial charge in [0.15, 0.2) is 0 Å². The lowest BCUT2D eigenvalue weighted by Crippen LogP contribution is -2.29. The van der Waals surface area contributed by atoms with Gasteiger partial charge in [0, 0.05) is 5.69 Å². The second kappa shape index (κ2) is 7.80. The third-order valence-electron chi connectivity index (χ3n) is 2.15. The first-order valence-corrected chi connectivity index (χ1v) is 5.75. The number of primary amides is 1. The molecule has 1 aromatic rings. The number of nitrogen functional groups attached to an aromatic ring is 1. The van der Waals surface area contributed by atoms with E-state index in [-0.39, 0.29) is 32.1 Å². The molecule has 7 nitrogen and oxygen atoms in total. The number of rotatable bonds is 7. The molecular formula is C12H17N3O4. The lowest BCUT2D eigenvalue weighted by molar-refractivity contribution is -0.121. The molecule has 5 N–H and O–H groups in total. The fraction of sp³-hybridized carbons (Fsp3) is 0.333. The molecule has 0 heterocycles. The summed E-state index contributed by atoms with van der Waals surface area (Å²) in [4.78, 5) is 21.6. The van der Waals surface area contributed by atoms with Crippen molar-refractivity contribution >= 4 is 17.7 Å². The predicted molar refractivity (Wildman–Crippen MR) is 69.5 cm³/mol. The monoisotopic (exact) mass is 267 g/mol. The predicted octanol–water partition coefficient (Wildman–Crippen LogP) is 0.249. The van der Waals surface area contributed by atoms with Crippen LogP contribution in [0.1, 0.15) is 6.42 Å². The minimum atomic E-state index is -0.860. The highest BCUT2D eigenvalue weighted by Gasteiger charge is 2.02. The van der Waals surface area contributed by atoms with E-state index in [1.807, 2.05) is 0 Å². The molecule has 1 rings (SSSR count). The molecule has 0 atom stereocenters. The summed E-state index contributed by atoms with van der Waals surface area (Å²) < 4.78 is 9.81. The van der Waals surface area contributed by atoms with E-state index in [0.717, 1.165) is 0 Å². The van der Waals surface area contributed by atoms with Crippen LogP contribution >= 0.6 is 0 Å². The number of nitrogens with two attached hydrogens (primary N) is 2. The van der Waals surface area contributed by atoms with E-state index in [2.05, 4.69) is 10.1 Å². The van der Waals surface area contributed by atoms with Crippen molar-refractivity contribution in [2.45, 2.75) is 6.42 Å². The second-order valence-corrected chi connectivity index (χ2v) is 3.68. The van der Waals surface area contributed by atoms with Crippen LogP contribution in [0.4, 0.5) is 10.5 Å². The van der Waals surface area contributed by atoms with Crippen LogP contribution in [0.3, 0.4) is 0 Å². The number of hydrogen-bond acceptors (Lipinski definition) is 5. The molecule has 0 saturated heterocycles. The number of benzene rings is 1. The van der Waals surface area contributed by atoms with Gasteiger partial charge in [0.1, 0.15) is 12.4 Å². The molecule has 0 saturated carbocycles. The smallest absolute Gasteiger partial charge is 0.404 e. The normalized spacial score (nSPS) is 9.68. The van der Waals surface area contributed by atoms with Crippen molar-refractivity contribution < 1.29 is 19.1 Å². The zero-order valence-electron chi connectivity index (χ0n) is 10.4. The van der Waals surface area contributed by atoms with Crippen molar-refractivity contribution in [1.82, 2.24) is 5.32 Å². The summed E-state index contributed by atoms with van der Waals surface area (Å²) >= 11 is 0. The SMILES string of the molecule is NC(=O)OCCNC(=O)CCOc1ccc(N)cc1. The Kier molecular flexibility index (Phi) is 6.00. The van der Waals surface area contributed by atoms with Crippen molar-refractivity contribution in [2.75, 3.05) is 25.5 Å². The molecule has 0 aromatic heterocycles. The fourth-order valence-corrected chi connectivity index (χ4v) is 1.26. The van der Waals surface area contributed by atoms with Crippen LogP contribution in [-0.4, -0.2) is 31.8 Å². The molecule has 19 heavy (non-hydrogen) atoms. The van der Waals surface area contributed by atoms with Gasteiger partial charge in [0.05, 0.1) is 19.6 Å². The van der Waals surface area contributed by atoms with Gasteiger partial charge in [-0.05, 0) is 24.3 Å². The fourth-order valence-electron chi connectivity index (χ4n) is 1.26. The molecular weight excluding hydrogens is 250 g/mol. The van der Waals surface area contributed by atoms with E-state index < -0.39 is 6.09 Å². The number of carbonyl (C=O) groups is 2. The summed E-state index contributed by atoms with van der Waals surface area (Å²) in [7, 11) is 0. The molecule has 0 radical (unpaired) electrons. The van der Waals surface area contributed by atoms with Gasteiger partial charge in [-0.25, -0.2) is 4.79 Å². The maximum absolute atomic E-state index is 11.3. The van der Waals surface area contributed by atoms with Crippen molar-refractivity contribution in [3.8, 4) is 5.75 Å². The molecule has 7 heteroatoms. The van der Waals surface area contributed by atoms with Crippen molar-refractivity contribution in [2.24, 2.45) is 5.73 Å². The van der Waals surface area contributed by atoms with Gasteiger partial charge in [-0.15, -0.1) is 0 Å². The van der Waals surface area contributed by atoms with Gasteiger partial charge in [-0.3, -0.25) is 4.79 Å². The van der Waals surface area contributed by atoms with Gasteiger partial charge in [0.2, 0.25) is 5.91 Å². The van der Waals surface area contributed by atoms with Crippen LogP contribution in [0.15, 0.2) is 24.3 Å². The van der Waals surface area contributed by atoms with E-state index >= 15 is 0 Å². The number of amides is 2. The maximum Gasteiger partial charge on any atom is 0.404 e. The lowest BCUT2D eigenvalue weighted by atomic mass is 10.3. The van der Waals surface area contributed by atoms with Crippen LogP contribution < -0.4 is 21.5 Å². The standard InChI is InChI=1S/C12H17N3O4/c13-9-1-3-10(4-2-9)18-7-5-11(16)15-6-8-19-12(14)17/h1-4H,5-8,13H2,(H2,14,17)(H,15,16). The molecule has 1 aromatic carbocycles. The summed E-state index contributed by atoms with van der Waals surface area (Å²) in [5.41, 5.74) is 10.9. The Hall–Kier alpha value is -2.44. The van der Waals surface area contributed by atoms with E-state index in [4.69, 9.17) is 16.2 Å².